The van der Waals surface area contributed by atoms with Crippen LogP contribution in [0.3, 0.4) is 0 Å². The van der Waals surface area contributed by atoms with Crippen molar-refractivity contribution < 1.29 is 18.1 Å². The Morgan fingerprint density at radius 1 is 1.00 bits per heavy atom. The summed E-state index contributed by atoms with van der Waals surface area (Å²) in [6, 6.07) is 6.41. The second-order valence-corrected chi connectivity index (χ2v) is 5.64. The molecule has 1 saturated heterocycles. The van der Waals surface area contributed by atoms with Crippen LogP contribution in [0.25, 0.3) is 0 Å². The molecule has 0 amide bonds. The van der Waals surface area contributed by atoms with Crippen LogP contribution in [0.15, 0.2) is 42.7 Å². The third-order valence-electron chi connectivity index (χ3n) is 4.15. The first-order chi connectivity index (χ1) is 11.9. The van der Waals surface area contributed by atoms with E-state index in [9.17, 15) is 23.3 Å². The first-order valence-corrected chi connectivity index (χ1v) is 7.62. The van der Waals surface area contributed by atoms with E-state index in [-0.39, 0.29) is 5.69 Å². The molecule has 2 heterocycles. The average Bonchev–Trinajstić information content (AvgIpc) is 2.61. The molecule has 0 aliphatic carbocycles. The van der Waals surface area contributed by atoms with Crippen molar-refractivity contribution in [3.63, 3.8) is 0 Å². The Morgan fingerprint density at radius 2 is 1.60 bits per heavy atom. The van der Waals surface area contributed by atoms with Crippen molar-refractivity contribution in [2.75, 3.05) is 36.0 Å². The van der Waals surface area contributed by atoms with Gasteiger partial charge in [-0.25, -0.2) is 0 Å². The fraction of sp³-hybridized carbons (Fsp3) is 0.312. The van der Waals surface area contributed by atoms with Gasteiger partial charge in [-0.3, -0.25) is 15.1 Å². The zero-order chi connectivity index (χ0) is 18.0. The van der Waals surface area contributed by atoms with Gasteiger partial charge in [0.15, 0.2) is 0 Å². The number of nitro groups is 1. The molecule has 1 aliphatic heterocycles. The Labute approximate surface area is 141 Å². The zero-order valence-electron chi connectivity index (χ0n) is 13.1. The molecule has 132 valence electrons. The summed E-state index contributed by atoms with van der Waals surface area (Å²) < 4.78 is 38.4. The lowest BCUT2D eigenvalue weighted by Crippen LogP contribution is -2.46. The van der Waals surface area contributed by atoms with Crippen LogP contribution in [0.5, 0.6) is 0 Å². The van der Waals surface area contributed by atoms with E-state index < -0.39 is 22.4 Å². The molecule has 0 saturated carbocycles. The Kier molecular flexibility index (Phi) is 4.47. The number of halogens is 3. The van der Waals surface area contributed by atoms with Crippen LogP contribution >= 0.6 is 0 Å². The molecule has 25 heavy (non-hydrogen) atoms. The van der Waals surface area contributed by atoms with Gasteiger partial charge in [0.2, 0.25) is 0 Å². The number of hydrogen-bond acceptors (Lipinski definition) is 5. The summed E-state index contributed by atoms with van der Waals surface area (Å²) in [5.74, 6) is 0. The molecule has 0 bridgehead atoms. The number of rotatable bonds is 3. The van der Waals surface area contributed by atoms with Gasteiger partial charge in [0, 0.05) is 50.3 Å². The molecule has 1 aliphatic rings. The highest BCUT2D eigenvalue weighted by Gasteiger charge is 2.34. The number of nitrogens with zero attached hydrogens (tertiary/aromatic N) is 4. The standard InChI is InChI=1S/C16H15F3N4O2/c17-16(18,19)12-1-2-14(15(11-12)23(24)25)22-9-7-21(8-10-22)13-3-5-20-6-4-13/h1-6,11H,7-10H2. The number of pyridine rings is 1. The minimum absolute atomic E-state index is 0.215. The van der Waals surface area contributed by atoms with Crippen molar-refractivity contribution in [3.8, 4) is 0 Å². The van der Waals surface area contributed by atoms with Crippen molar-refractivity contribution in [1.82, 2.24) is 4.98 Å². The van der Waals surface area contributed by atoms with Gasteiger partial charge in [-0.15, -0.1) is 0 Å². The summed E-state index contributed by atoms with van der Waals surface area (Å²) in [7, 11) is 0. The molecule has 1 aromatic carbocycles. The minimum atomic E-state index is -4.61. The van der Waals surface area contributed by atoms with Crippen LogP contribution in [-0.4, -0.2) is 36.1 Å². The molecule has 6 nitrogen and oxygen atoms in total. The number of piperazine rings is 1. The maximum absolute atomic E-state index is 12.8. The maximum atomic E-state index is 12.8. The molecule has 0 atom stereocenters. The van der Waals surface area contributed by atoms with Crippen molar-refractivity contribution in [1.29, 1.82) is 0 Å². The number of hydrogen-bond donors (Lipinski definition) is 0. The molecule has 1 aromatic heterocycles. The minimum Gasteiger partial charge on any atom is -0.368 e. The summed E-state index contributed by atoms with van der Waals surface area (Å²) in [6.07, 6.45) is -1.24. The lowest BCUT2D eigenvalue weighted by atomic mass is 10.1. The molecule has 9 heteroatoms. The molecule has 2 aromatic rings. The van der Waals surface area contributed by atoms with Crippen molar-refractivity contribution in [2.45, 2.75) is 6.18 Å². The van der Waals surface area contributed by atoms with Gasteiger partial charge in [0.1, 0.15) is 5.69 Å². The second kappa shape index (κ2) is 6.58. The van der Waals surface area contributed by atoms with E-state index in [1.54, 1.807) is 17.3 Å². The van der Waals surface area contributed by atoms with Crippen molar-refractivity contribution >= 4 is 17.1 Å². The number of nitro benzene ring substituents is 1. The molecule has 0 unspecified atom stereocenters. The highest BCUT2D eigenvalue weighted by atomic mass is 19.4. The first kappa shape index (κ1) is 17.0. The van der Waals surface area contributed by atoms with Gasteiger partial charge < -0.3 is 9.80 Å². The van der Waals surface area contributed by atoms with Crippen LogP contribution in [0.2, 0.25) is 0 Å². The molecule has 1 fully saturated rings. The van der Waals surface area contributed by atoms with Crippen LogP contribution in [0, 0.1) is 10.1 Å². The predicted octanol–water partition coefficient (Wildman–Crippen LogP) is 3.34. The smallest absolute Gasteiger partial charge is 0.368 e. The van der Waals surface area contributed by atoms with E-state index in [1.165, 1.54) is 6.07 Å². The monoisotopic (exact) mass is 352 g/mol. The molecular formula is C16H15F3N4O2. The van der Waals surface area contributed by atoms with Crippen molar-refractivity contribution in [3.05, 3.63) is 58.4 Å². The Bertz CT molecular complexity index is 760. The van der Waals surface area contributed by atoms with E-state index in [2.05, 4.69) is 9.88 Å². The molecule has 0 spiro atoms. The largest absolute Gasteiger partial charge is 0.416 e. The molecule has 0 N–H and O–H groups in total. The average molecular weight is 352 g/mol. The van der Waals surface area contributed by atoms with Gasteiger partial charge in [0.05, 0.1) is 10.5 Å². The quantitative estimate of drug-likeness (QED) is 0.626. The van der Waals surface area contributed by atoms with Gasteiger partial charge in [-0.1, -0.05) is 0 Å². The van der Waals surface area contributed by atoms with E-state index in [0.717, 1.165) is 11.8 Å². The van der Waals surface area contributed by atoms with E-state index in [4.69, 9.17) is 0 Å². The predicted molar refractivity (Wildman–Crippen MR) is 86.8 cm³/mol. The van der Waals surface area contributed by atoms with E-state index in [1.807, 2.05) is 12.1 Å². The maximum Gasteiger partial charge on any atom is 0.416 e. The van der Waals surface area contributed by atoms with Crippen LogP contribution in [0.1, 0.15) is 5.56 Å². The summed E-state index contributed by atoms with van der Waals surface area (Å²) >= 11 is 0. The number of anilines is 2. The lowest BCUT2D eigenvalue weighted by molar-refractivity contribution is -0.384. The Balaban J connectivity index is 1.80. The van der Waals surface area contributed by atoms with Gasteiger partial charge in [0.25, 0.3) is 5.69 Å². The van der Waals surface area contributed by atoms with Gasteiger partial charge >= 0.3 is 6.18 Å². The van der Waals surface area contributed by atoms with Crippen LogP contribution < -0.4 is 9.80 Å². The number of benzene rings is 1. The number of aromatic nitrogens is 1. The first-order valence-electron chi connectivity index (χ1n) is 7.62. The van der Waals surface area contributed by atoms with E-state index >= 15 is 0 Å². The summed E-state index contributed by atoms with van der Waals surface area (Å²) in [4.78, 5) is 18.3. The highest BCUT2D eigenvalue weighted by Crippen LogP contribution is 2.36. The van der Waals surface area contributed by atoms with Gasteiger partial charge in [-0.2, -0.15) is 13.2 Å². The number of alkyl halides is 3. The lowest BCUT2D eigenvalue weighted by Gasteiger charge is -2.37. The fourth-order valence-corrected chi connectivity index (χ4v) is 2.87. The molecule has 0 radical (unpaired) electrons. The SMILES string of the molecule is O=[N+]([O-])c1cc(C(F)(F)F)ccc1N1CCN(c2ccncc2)CC1. The summed E-state index contributed by atoms with van der Waals surface area (Å²) in [5.41, 5.74) is -0.325. The Morgan fingerprint density at radius 3 is 2.16 bits per heavy atom. The highest BCUT2D eigenvalue weighted by molar-refractivity contribution is 5.65. The van der Waals surface area contributed by atoms with Crippen LogP contribution in [-0.2, 0) is 6.18 Å². The van der Waals surface area contributed by atoms with E-state index in [0.29, 0.717) is 32.2 Å². The van der Waals surface area contributed by atoms with Gasteiger partial charge in [-0.05, 0) is 24.3 Å². The third kappa shape index (κ3) is 3.65. The molecular weight excluding hydrogens is 337 g/mol. The zero-order valence-corrected chi connectivity index (χ0v) is 13.1. The summed E-state index contributed by atoms with van der Waals surface area (Å²) in [5, 5.41) is 11.2. The third-order valence-corrected chi connectivity index (χ3v) is 4.15. The van der Waals surface area contributed by atoms with Crippen LogP contribution in [0.4, 0.5) is 30.2 Å². The second-order valence-electron chi connectivity index (χ2n) is 5.64. The molecule has 3 rings (SSSR count). The normalized spacial score (nSPS) is 15.3. The fourth-order valence-electron chi connectivity index (χ4n) is 2.87. The Hall–Kier alpha value is -2.84. The summed E-state index contributed by atoms with van der Waals surface area (Å²) in [6.45, 7) is 2.19. The van der Waals surface area contributed by atoms with Crippen molar-refractivity contribution in [2.24, 2.45) is 0 Å². The topological polar surface area (TPSA) is 62.5 Å².